The van der Waals surface area contributed by atoms with Gasteiger partial charge in [0.25, 0.3) is 5.91 Å². The number of aromatic nitrogens is 1. The van der Waals surface area contributed by atoms with Crippen LogP contribution in [0.4, 0.5) is 0 Å². The van der Waals surface area contributed by atoms with E-state index in [1.54, 1.807) is 0 Å². The van der Waals surface area contributed by atoms with Gasteiger partial charge in [0.05, 0.1) is 16.7 Å². The van der Waals surface area contributed by atoms with Crippen LogP contribution in [-0.2, 0) is 16.3 Å². The van der Waals surface area contributed by atoms with E-state index in [2.05, 4.69) is 31.0 Å². The summed E-state index contributed by atoms with van der Waals surface area (Å²) in [6.45, 7) is 4.89. The Balaban J connectivity index is 1.70. The summed E-state index contributed by atoms with van der Waals surface area (Å²) < 4.78 is 24.1. The smallest absolute Gasteiger partial charge is 0.271 e. The lowest BCUT2D eigenvalue weighted by atomic mass is 9.96. The summed E-state index contributed by atoms with van der Waals surface area (Å²) in [6.07, 6.45) is 3.81. The molecule has 2 aromatic rings. The van der Waals surface area contributed by atoms with Crippen molar-refractivity contribution in [2.45, 2.75) is 44.0 Å². The van der Waals surface area contributed by atoms with Crippen LogP contribution in [0.3, 0.4) is 0 Å². The van der Waals surface area contributed by atoms with Crippen molar-refractivity contribution in [1.82, 2.24) is 9.88 Å². The molecule has 1 amide bonds. The van der Waals surface area contributed by atoms with Crippen molar-refractivity contribution in [3.63, 3.8) is 0 Å². The number of aryl methyl sites for hydroxylation is 1. The number of nitrogens with one attached hydrogen (secondary N) is 1. The van der Waals surface area contributed by atoms with Crippen molar-refractivity contribution in [2.24, 2.45) is 0 Å². The molecule has 3 heterocycles. The predicted molar refractivity (Wildman–Crippen MR) is 95.5 cm³/mol. The van der Waals surface area contributed by atoms with E-state index in [1.807, 2.05) is 11.0 Å². The van der Waals surface area contributed by atoms with Gasteiger partial charge in [0.2, 0.25) is 0 Å². The van der Waals surface area contributed by atoms with Crippen LogP contribution in [0.2, 0.25) is 0 Å². The summed E-state index contributed by atoms with van der Waals surface area (Å²) in [5, 5.41) is 0. The maximum atomic E-state index is 13.2. The highest BCUT2D eigenvalue weighted by atomic mass is 32.2. The molecule has 2 aliphatic heterocycles. The third-order valence-corrected chi connectivity index (χ3v) is 7.41. The van der Waals surface area contributed by atoms with Crippen LogP contribution >= 0.6 is 0 Å². The van der Waals surface area contributed by atoms with E-state index in [-0.39, 0.29) is 17.7 Å². The Labute approximate surface area is 148 Å². The van der Waals surface area contributed by atoms with E-state index in [4.69, 9.17) is 0 Å². The van der Waals surface area contributed by atoms with Crippen molar-refractivity contribution in [1.29, 1.82) is 0 Å². The molecule has 1 unspecified atom stereocenters. The summed E-state index contributed by atoms with van der Waals surface area (Å²) in [5.74, 6) is 0.0225. The van der Waals surface area contributed by atoms with Gasteiger partial charge in [0.15, 0.2) is 9.84 Å². The molecule has 25 heavy (non-hydrogen) atoms. The maximum Gasteiger partial charge on any atom is 0.271 e. The van der Waals surface area contributed by atoms with Gasteiger partial charge in [-0.1, -0.05) is 18.2 Å². The Hall–Kier alpha value is -2.08. The fraction of sp³-hybridized carbons (Fsp3) is 0.421. The van der Waals surface area contributed by atoms with Gasteiger partial charge in [0.1, 0.15) is 5.69 Å². The molecule has 6 heteroatoms. The lowest BCUT2D eigenvalue weighted by molar-refractivity contribution is 0.0729. The Kier molecular flexibility index (Phi) is 3.76. The van der Waals surface area contributed by atoms with Crippen molar-refractivity contribution < 1.29 is 13.2 Å². The molecule has 0 bridgehead atoms. The molecule has 1 fully saturated rings. The number of carbonyl (C=O) groups is 1. The van der Waals surface area contributed by atoms with Crippen LogP contribution in [0, 0.1) is 13.8 Å². The number of aromatic amines is 1. The first-order chi connectivity index (χ1) is 11.9. The number of benzene rings is 1. The molecular formula is C19H22N2O3S. The highest BCUT2D eigenvalue weighted by Gasteiger charge is 2.37. The van der Waals surface area contributed by atoms with Crippen molar-refractivity contribution in [2.75, 3.05) is 12.3 Å². The van der Waals surface area contributed by atoms with Gasteiger partial charge in [-0.15, -0.1) is 0 Å². The number of amides is 1. The van der Waals surface area contributed by atoms with E-state index in [1.165, 1.54) is 22.9 Å². The molecule has 1 N–H and O–H groups in total. The average Bonchev–Trinajstić information content (AvgIpc) is 3.27. The quantitative estimate of drug-likeness (QED) is 0.897. The highest BCUT2D eigenvalue weighted by Crippen LogP contribution is 2.37. The number of hydrogen-bond acceptors (Lipinski definition) is 3. The Morgan fingerprint density at radius 3 is 2.88 bits per heavy atom. The van der Waals surface area contributed by atoms with Crippen LogP contribution in [0.5, 0.6) is 0 Å². The summed E-state index contributed by atoms with van der Waals surface area (Å²) in [6, 6.07) is 6.28. The van der Waals surface area contributed by atoms with E-state index in [9.17, 15) is 13.2 Å². The van der Waals surface area contributed by atoms with Crippen LogP contribution < -0.4 is 0 Å². The van der Waals surface area contributed by atoms with Gasteiger partial charge in [-0.3, -0.25) is 4.79 Å². The molecule has 2 aliphatic rings. The molecule has 5 nitrogen and oxygen atoms in total. The van der Waals surface area contributed by atoms with E-state index >= 15 is 0 Å². The molecule has 0 radical (unpaired) electrons. The summed E-state index contributed by atoms with van der Waals surface area (Å²) in [4.78, 5) is 18.3. The first-order valence-electron chi connectivity index (χ1n) is 8.70. The zero-order valence-electron chi connectivity index (χ0n) is 14.5. The first kappa shape index (κ1) is 16.4. The molecule has 1 aromatic heterocycles. The number of sulfone groups is 1. The Morgan fingerprint density at radius 2 is 2.08 bits per heavy atom. The summed E-state index contributed by atoms with van der Waals surface area (Å²) >= 11 is 0. The second-order valence-corrected chi connectivity index (χ2v) is 9.10. The number of nitrogens with zero attached hydrogens (tertiary/aromatic N) is 1. The summed E-state index contributed by atoms with van der Waals surface area (Å²) in [5.41, 5.74) is 4.77. The molecule has 132 valence electrons. The number of hydrogen-bond donors (Lipinski definition) is 1. The number of H-pyrrole nitrogens is 1. The fourth-order valence-corrected chi connectivity index (χ4v) is 5.62. The topological polar surface area (TPSA) is 70.2 Å². The zero-order chi connectivity index (χ0) is 17.8. The third kappa shape index (κ3) is 2.51. The SMILES string of the molecule is Cc1cccc(C2CCCN2C(=O)c2[nH]cc3c2CCS3(=O)=O)c1C. The van der Waals surface area contributed by atoms with Crippen molar-refractivity contribution in [3.05, 3.63) is 52.3 Å². The van der Waals surface area contributed by atoms with Crippen LogP contribution in [0.25, 0.3) is 0 Å². The molecule has 0 spiro atoms. The van der Waals surface area contributed by atoms with Gasteiger partial charge >= 0.3 is 0 Å². The molecule has 0 aliphatic carbocycles. The number of likely N-dealkylation sites (tertiary alicyclic amines) is 1. The largest absolute Gasteiger partial charge is 0.356 e. The Bertz CT molecular complexity index is 959. The fourth-order valence-electron chi connectivity index (χ4n) is 4.11. The molecule has 1 saturated heterocycles. The highest BCUT2D eigenvalue weighted by molar-refractivity contribution is 7.91. The third-order valence-electron chi connectivity index (χ3n) is 5.64. The summed E-state index contributed by atoms with van der Waals surface area (Å²) in [7, 11) is -3.22. The monoisotopic (exact) mass is 358 g/mol. The van der Waals surface area contributed by atoms with Crippen LogP contribution in [0.15, 0.2) is 29.3 Å². The normalized spacial score (nSPS) is 21.5. The van der Waals surface area contributed by atoms with Gasteiger partial charge in [-0.25, -0.2) is 8.42 Å². The molecule has 4 rings (SSSR count). The van der Waals surface area contributed by atoms with E-state index in [0.29, 0.717) is 29.1 Å². The molecule has 1 atom stereocenters. The minimum atomic E-state index is -3.22. The maximum absolute atomic E-state index is 13.2. The van der Waals surface area contributed by atoms with Gasteiger partial charge in [-0.2, -0.15) is 0 Å². The van der Waals surface area contributed by atoms with Gasteiger partial charge in [-0.05, 0) is 49.8 Å². The predicted octanol–water partition coefficient (Wildman–Crippen LogP) is 2.94. The van der Waals surface area contributed by atoms with E-state index < -0.39 is 9.84 Å². The second-order valence-electron chi connectivity index (χ2n) is 7.02. The minimum Gasteiger partial charge on any atom is -0.356 e. The van der Waals surface area contributed by atoms with Gasteiger partial charge < -0.3 is 9.88 Å². The minimum absolute atomic E-state index is 0.0596. The van der Waals surface area contributed by atoms with Crippen molar-refractivity contribution in [3.8, 4) is 0 Å². The number of fused-ring (bicyclic) bond motifs is 1. The second kappa shape index (κ2) is 5.73. The Morgan fingerprint density at radius 1 is 1.28 bits per heavy atom. The number of rotatable bonds is 2. The van der Waals surface area contributed by atoms with Crippen LogP contribution in [-0.4, -0.2) is 36.5 Å². The number of carbonyl (C=O) groups excluding carboxylic acids is 1. The van der Waals surface area contributed by atoms with E-state index in [0.717, 1.165) is 12.8 Å². The first-order valence-corrected chi connectivity index (χ1v) is 10.4. The molecular weight excluding hydrogens is 336 g/mol. The van der Waals surface area contributed by atoms with Crippen molar-refractivity contribution >= 4 is 15.7 Å². The van der Waals surface area contributed by atoms with Gasteiger partial charge in [0, 0.05) is 18.3 Å². The average molecular weight is 358 g/mol. The lowest BCUT2D eigenvalue weighted by Gasteiger charge is -2.27. The standard InChI is InChI=1S/C19H22N2O3S/c1-12-5-3-6-14(13(12)2)16-7-4-9-21(16)19(22)18-15-8-10-25(23,24)17(15)11-20-18/h3,5-6,11,16,20H,4,7-10H2,1-2H3. The molecule has 1 aromatic carbocycles. The van der Waals surface area contributed by atoms with Crippen LogP contribution in [0.1, 0.15) is 51.6 Å². The lowest BCUT2D eigenvalue weighted by Crippen LogP contribution is -2.31. The zero-order valence-corrected chi connectivity index (χ0v) is 15.3. The molecule has 0 saturated carbocycles.